The number of aromatic nitrogens is 4. The van der Waals surface area contributed by atoms with E-state index in [1.807, 2.05) is 6.92 Å². The van der Waals surface area contributed by atoms with Gasteiger partial charge in [0.05, 0.1) is 10.2 Å². The molecule has 116 valence electrons. The second kappa shape index (κ2) is 6.53. The van der Waals surface area contributed by atoms with E-state index in [-0.39, 0.29) is 10.9 Å². The first-order valence-electron chi connectivity index (χ1n) is 6.65. The smallest absolute Gasteiger partial charge is 0.269 e. The Labute approximate surface area is 135 Å². The molecule has 0 radical (unpaired) electrons. The Hall–Kier alpha value is -2.81. The van der Waals surface area contributed by atoms with E-state index in [1.54, 1.807) is 30.6 Å². The standard InChI is InChI=1S/C14H11N5O3S/c1-9(23-14-15-7-2-8-16-14)12-17-18-13(22-12)10-3-5-11(6-4-10)19(20)21/h2-9H,1H3. The zero-order chi connectivity index (χ0) is 16.2. The van der Waals surface area contributed by atoms with Crippen LogP contribution in [-0.4, -0.2) is 25.1 Å². The van der Waals surface area contributed by atoms with E-state index in [1.165, 1.54) is 23.9 Å². The van der Waals surface area contributed by atoms with Gasteiger partial charge in [0.2, 0.25) is 11.8 Å². The molecule has 0 spiro atoms. The third-order valence-electron chi connectivity index (χ3n) is 2.94. The highest BCUT2D eigenvalue weighted by atomic mass is 32.2. The van der Waals surface area contributed by atoms with Gasteiger partial charge in [-0.05, 0) is 25.1 Å². The molecule has 1 aromatic carbocycles. The summed E-state index contributed by atoms with van der Waals surface area (Å²) in [6.07, 6.45) is 3.33. The highest BCUT2D eigenvalue weighted by molar-refractivity contribution is 7.99. The fourth-order valence-electron chi connectivity index (χ4n) is 1.80. The van der Waals surface area contributed by atoms with Crippen LogP contribution in [0.2, 0.25) is 0 Å². The molecule has 0 fully saturated rings. The number of thioether (sulfide) groups is 1. The topological polar surface area (TPSA) is 108 Å². The predicted octanol–water partition coefficient (Wildman–Crippen LogP) is 3.29. The fourth-order valence-corrected chi connectivity index (χ4v) is 2.55. The molecule has 0 aliphatic heterocycles. The average Bonchev–Trinajstić information content (AvgIpc) is 3.06. The molecule has 9 heteroatoms. The van der Waals surface area contributed by atoms with Crippen LogP contribution in [0.15, 0.2) is 52.3 Å². The second-order valence-corrected chi connectivity index (χ2v) is 5.85. The van der Waals surface area contributed by atoms with Crippen molar-refractivity contribution in [3.63, 3.8) is 0 Å². The van der Waals surface area contributed by atoms with Gasteiger partial charge in [-0.1, -0.05) is 11.8 Å². The van der Waals surface area contributed by atoms with Crippen molar-refractivity contribution in [3.05, 3.63) is 58.7 Å². The molecule has 3 aromatic rings. The lowest BCUT2D eigenvalue weighted by atomic mass is 10.2. The molecule has 2 aromatic heterocycles. The number of rotatable bonds is 5. The number of non-ortho nitro benzene ring substituents is 1. The lowest BCUT2D eigenvalue weighted by Gasteiger charge is -2.03. The molecule has 0 amide bonds. The van der Waals surface area contributed by atoms with Crippen molar-refractivity contribution in [2.75, 3.05) is 0 Å². The summed E-state index contributed by atoms with van der Waals surface area (Å²) in [6, 6.07) is 7.69. The molecule has 0 aliphatic carbocycles. The molecule has 23 heavy (non-hydrogen) atoms. The quantitative estimate of drug-likeness (QED) is 0.304. The van der Waals surface area contributed by atoms with E-state index in [0.29, 0.717) is 22.5 Å². The van der Waals surface area contributed by atoms with Crippen molar-refractivity contribution < 1.29 is 9.34 Å². The van der Waals surface area contributed by atoms with Crippen LogP contribution in [0.5, 0.6) is 0 Å². The summed E-state index contributed by atoms with van der Waals surface area (Å²) >= 11 is 1.40. The normalized spacial score (nSPS) is 12.0. The number of hydrogen-bond donors (Lipinski definition) is 0. The summed E-state index contributed by atoms with van der Waals surface area (Å²) in [6.45, 7) is 1.91. The van der Waals surface area contributed by atoms with Crippen molar-refractivity contribution >= 4 is 17.4 Å². The summed E-state index contributed by atoms with van der Waals surface area (Å²) in [5.74, 6) is 0.757. The molecular weight excluding hydrogens is 318 g/mol. The van der Waals surface area contributed by atoms with E-state index in [0.717, 1.165) is 0 Å². The molecule has 0 bridgehead atoms. The number of nitro groups is 1. The van der Waals surface area contributed by atoms with Crippen molar-refractivity contribution in [2.24, 2.45) is 0 Å². The Bertz CT molecular complexity index is 807. The molecule has 0 aliphatic rings. The molecule has 8 nitrogen and oxygen atoms in total. The maximum atomic E-state index is 10.7. The minimum atomic E-state index is -0.457. The average molecular weight is 329 g/mol. The minimum Gasteiger partial charge on any atom is -0.419 e. The van der Waals surface area contributed by atoms with Gasteiger partial charge in [0.25, 0.3) is 5.69 Å². The highest BCUT2D eigenvalue weighted by Gasteiger charge is 2.17. The van der Waals surface area contributed by atoms with E-state index in [2.05, 4.69) is 20.2 Å². The third kappa shape index (κ3) is 3.51. The number of hydrogen-bond acceptors (Lipinski definition) is 8. The molecule has 2 heterocycles. The summed E-state index contributed by atoms with van der Waals surface area (Å²) < 4.78 is 5.64. The molecule has 0 saturated carbocycles. The van der Waals surface area contributed by atoms with E-state index < -0.39 is 4.92 Å². The zero-order valence-electron chi connectivity index (χ0n) is 12.0. The van der Waals surface area contributed by atoms with Gasteiger partial charge in [-0.25, -0.2) is 9.97 Å². The first kappa shape index (κ1) is 15.1. The number of nitro benzene ring substituents is 1. The summed E-state index contributed by atoms with van der Waals surface area (Å²) in [7, 11) is 0. The van der Waals surface area contributed by atoms with Crippen molar-refractivity contribution in [3.8, 4) is 11.5 Å². The Balaban J connectivity index is 1.76. The van der Waals surface area contributed by atoms with Crippen LogP contribution < -0.4 is 0 Å². The Morgan fingerprint density at radius 2 is 1.87 bits per heavy atom. The SMILES string of the molecule is CC(Sc1ncccn1)c1nnc(-c2ccc([N+](=O)[O-])cc2)o1. The van der Waals surface area contributed by atoms with Crippen molar-refractivity contribution in [1.82, 2.24) is 20.2 Å². The van der Waals surface area contributed by atoms with Gasteiger partial charge in [-0.3, -0.25) is 10.1 Å². The predicted molar refractivity (Wildman–Crippen MR) is 82.7 cm³/mol. The van der Waals surface area contributed by atoms with Crippen LogP contribution in [0.25, 0.3) is 11.5 Å². The summed E-state index contributed by atoms with van der Waals surface area (Å²) in [5, 5.41) is 19.2. The monoisotopic (exact) mass is 329 g/mol. The van der Waals surface area contributed by atoms with Crippen LogP contribution in [0, 0.1) is 10.1 Å². The van der Waals surface area contributed by atoms with Crippen molar-refractivity contribution in [1.29, 1.82) is 0 Å². The van der Waals surface area contributed by atoms with Gasteiger partial charge in [0.15, 0.2) is 5.16 Å². The number of benzene rings is 1. The highest BCUT2D eigenvalue weighted by Crippen LogP contribution is 2.33. The summed E-state index contributed by atoms with van der Waals surface area (Å²) in [4.78, 5) is 18.5. The van der Waals surface area contributed by atoms with Crippen LogP contribution in [-0.2, 0) is 0 Å². The molecule has 0 saturated heterocycles. The first-order chi connectivity index (χ1) is 11.1. The van der Waals surface area contributed by atoms with Gasteiger partial charge in [-0.15, -0.1) is 10.2 Å². The Morgan fingerprint density at radius 1 is 1.17 bits per heavy atom. The van der Waals surface area contributed by atoms with E-state index in [9.17, 15) is 10.1 Å². The van der Waals surface area contributed by atoms with Gasteiger partial charge >= 0.3 is 0 Å². The van der Waals surface area contributed by atoms with Gasteiger partial charge in [-0.2, -0.15) is 0 Å². The zero-order valence-corrected chi connectivity index (χ0v) is 12.8. The second-order valence-electron chi connectivity index (χ2n) is 4.54. The van der Waals surface area contributed by atoms with Crippen LogP contribution in [0.3, 0.4) is 0 Å². The third-order valence-corrected chi connectivity index (χ3v) is 3.91. The van der Waals surface area contributed by atoms with Crippen LogP contribution in [0.4, 0.5) is 5.69 Å². The Kier molecular flexibility index (Phi) is 4.29. The van der Waals surface area contributed by atoms with Gasteiger partial charge in [0.1, 0.15) is 0 Å². The maximum Gasteiger partial charge on any atom is 0.269 e. The minimum absolute atomic E-state index is 0.0126. The molecule has 1 atom stereocenters. The molecule has 1 unspecified atom stereocenters. The van der Waals surface area contributed by atoms with Gasteiger partial charge in [0, 0.05) is 30.1 Å². The largest absolute Gasteiger partial charge is 0.419 e. The number of nitrogens with zero attached hydrogens (tertiary/aromatic N) is 5. The van der Waals surface area contributed by atoms with Crippen LogP contribution >= 0.6 is 11.8 Å². The summed E-state index contributed by atoms with van der Waals surface area (Å²) in [5.41, 5.74) is 0.640. The van der Waals surface area contributed by atoms with E-state index >= 15 is 0 Å². The van der Waals surface area contributed by atoms with Crippen molar-refractivity contribution in [2.45, 2.75) is 17.3 Å². The molecule has 3 rings (SSSR count). The molecule has 0 N–H and O–H groups in total. The first-order valence-corrected chi connectivity index (χ1v) is 7.53. The Morgan fingerprint density at radius 3 is 2.52 bits per heavy atom. The molecular formula is C14H11N5O3S. The fraction of sp³-hybridized carbons (Fsp3) is 0.143. The van der Waals surface area contributed by atoms with Crippen LogP contribution in [0.1, 0.15) is 18.1 Å². The van der Waals surface area contributed by atoms with E-state index in [4.69, 9.17) is 4.42 Å². The van der Waals surface area contributed by atoms with Gasteiger partial charge < -0.3 is 4.42 Å². The lowest BCUT2D eigenvalue weighted by Crippen LogP contribution is -1.91. The lowest BCUT2D eigenvalue weighted by molar-refractivity contribution is -0.384. The maximum absolute atomic E-state index is 10.7.